The average Bonchev–Trinajstić information content (AvgIpc) is 2.63. The van der Waals surface area contributed by atoms with Crippen LogP contribution >= 0.6 is 23.4 Å². The third kappa shape index (κ3) is 5.46. The molecule has 27 heavy (non-hydrogen) atoms. The number of unbranched alkanes of at least 4 members (excludes halogenated alkanes) is 2. The van der Waals surface area contributed by atoms with Crippen molar-refractivity contribution >= 4 is 46.3 Å². The number of nitrogens with zero attached hydrogens (tertiary/aromatic N) is 2. The van der Waals surface area contributed by atoms with E-state index in [4.69, 9.17) is 11.6 Å². The maximum atomic E-state index is 12.9. The molecule has 1 aromatic heterocycles. The largest absolute Gasteiger partial charge is 0.453 e. The van der Waals surface area contributed by atoms with Crippen LogP contribution in [0, 0.1) is 0 Å². The Hall–Kier alpha value is -2.06. The number of amides is 2. The third-order valence-electron chi connectivity index (χ3n) is 3.93. The van der Waals surface area contributed by atoms with Crippen molar-refractivity contribution in [3.05, 3.63) is 33.6 Å². The van der Waals surface area contributed by atoms with Gasteiger partial charge in [-0.15, -0.1) is 0 Å². The number of fused-ring (bicyclic) bond motifs is 1. The molecule has 0 aliphatic rings. The van der Waals surface area contributed by atoms with Crippen molar-refractivity contribution in [2.45, 2.75) is 50.1 Å². The summed E-state index contributed by atoms with van der Waals surface area (Å²) in [7, 11) is 1.18. The topological polar surface area (TPSA) is 90.3 Å². The van der Waals surface area contributed by atoms with Crippen LogP contribution in [0.3, 0.4) is 0 Å². The van der Waals surface area contributed by atoms with Gasteiger partial charge in [0.1, 0.15) is 0 Å². The standard InChI is InChI=1S/C18H22ClN3O4S/c1-4-5-6-9-22-16(24)13-8-7-12(19)10-14(13)20-17(22)27-11(2)15(23)21-18(25)26-3/h7-8,10-11H,4-6,9H2,1-3H3,(H,21,23,25)/t11-/m0/s1. The van der Waals surface area contributed by atoms with E-state index in [1.807, 2.05) is 0 Å². The number of carbonyl (C=O) groups is 2. The Morgan fingerprint density at radius 2 is 2.11 bits per heavy atom. The van der Waals surface area contributed by atoms with Crippen molar-refractivity contribution < 1.29 is 14.3 Å². The zero-order valence-electron chi connectivity index (χ0n) is 15.5. The Morgan fingerprint density at radius 3 is 2.78 bits per heavy atom. The van der Waals surface area contributed by atoms with E-state index in [1.54, 1.807) is 29.7 Å². The Labute approximate surface area is 166 Å². The first-order chi connectivity index (χ1) is 12.9. The molecule has 2 aromatic rings. The Bertz CT molecular complexity index is 900. The molecule has 0 saturated carbocycles. The zero-order valence-corrected chi connectivity index (χ0v) is 17.0. The lowest BCUT2D eigenvalue weighted by molar-refractivity contribution is -0.119. The van der Waals surface area contributed by atoms with Gasteiger partial charge in [-0.2, -0.15) is 0 Å². The van der Waals surface area contributed by atoms with E-state index in [-0.39, 0.29) is 5.56 Å². The van der Waals surface area contributed by atoms with Crippen LogP contribution in [0.4, 0.5) is 4.79 Å². The van der Waals surface area contributed by atoms with Crippen LogP contribution in [0.2, 0.25) is 5.02 Å². The van der Waals surface area contributed by atoms with Crippen LogP contribution < -0.4 is 10.9 Å². The molecule has 0 fully saturated rings. The van der Waals surface area contributed by atoms with Crippen molar-refractivity contribution in [3.63, 3.8) is 0 Å². The van der Waals surface area contributed by atoms with Crippen molar-refractivity contribution in [1.29, 1.82) is 0 Å². The average molecular weight is 412 g/mol. The fraction of sp³-hybridized carbons (Fsp3) is 0.444. The number of nitrogens with one attached hydrogen (secondary N) is 1. The molecule has 1 heterocycles. The second-order valence-corrected chi connectivity index (χ2v) is 7.71. The molecule has 0 radical (unpaired) electrons. The predicted octanol–water partition coefficient (Wildman–Crippen LogP) is 3.60. The molecule has 1 aromatic carbocycles. The second-order valence-electron chi connectivity index (χ2n) is 5.96. The summed E-state index contributed by atoms with van der Waals surface area (Å²) in [6, 6.07) is 4.94. The molecule has 1 atom stereocenters. The van der Waals surface area contributed by atoms with Gasteiger partial charge in [-0.1, -0.05) is 43.1 Å². The summed E-state index contributed by atoms with van der Waals surface area (Å²) >= 11 is 7.14. The highest BCUT2D eigenvalue weighted by molar-refractivity contribution is 8.00. The summed E-state index contributed by atoms with van der Waals surface area (Å²) in [5, 5.41) is 2.85. The van der Waals surface area contributed by atoms with Gasteiger partial charge >= 0.3 is 6.09 Å². The summed E-state index contributed by atoms with van der Waals surface area (Å²) in [5.41, 5.74) is 0.304. The minimum atomic E-state index is -0.828. The highest BCUT2D eigenvalue weighted by Crippen LogP contribution is 2.24. The minimum Gasteiger partial charge on any atom is -0.453 e. The second kappa shape index (κ2) is 9.75. The van der Waals surface area contributed by atoms with Gasteiger partial charge < -0.3 is 4.74 Å². The normalized spacial score (nSPS) is 12.0. The van der Waals surface area contributed by atoms with E-state index in [1.165, 1.54) is 7.11 Å². The van der Waals surface area contributed by atoms with Gasteiger partial charge in [0.2, 0.25) is 5.91 Å². The van der Waals surface area contributed by atoms with E-state index < -0.39 is 17.3 Å². The zero-order chi connectivity index (χ0) is 20.0. The monoisotopic (exact) mass is 411 g/mol. The third-order valence-corrected chi connectivity index (χ3v) is 5.25. The van der Waals surface area contributed by atoms with E-state index in [0.717, 1.165) is 31.0 Å². The summed E-state index contributed by atoms with van der Waals surface area (Å²) in [6.45, 7) is 4.22. The predicted molar refractivity (Wildman–Crippen MR) is 106 cm³/mol. The summed E-state index contributed by atoms with van der Waals surface area (Å²) in [5.74, 6) is -0.521. The lowest BCUT2D eigenvalue weighted by Crippen LogP contribution is -2.36. The van der Waals surface area contributed by atoms with Gasteiger partial charge in [0.05, 0.1) is 23.3 Å². The van der Waals surface area contributed by atoms with Gasteiger partial charge in [-0.05, 0) is 31.5 Å². The highest BCUT2D eigenvalue weighted by atomic mass is 35.5. The highest BCUT2D eigenvalue weighted by Gasteiger charge is 2.21. The number of methoxy groups -OCH3 is 1. The Morgan fingerprint density at radius 1 is 1.37 bits per heavy atom. The number of ether oxygens (including phenoxy) is 1. The molecule has 2 rings (SSSR count). The summed E-state index contributed by atoms with van der Waals surface area (Å²) in [4.78, 5) is 40.8. The summed E-state index contributed by atoms with van der Waals surface area (Å²) < 4.78 is 6.02. The molecular formula is C18H22ClN3O4S. The SMILES string of the molecule is CCCCCn1c(S[C@@H](C)C(=O)NC(=O)OC)nc2cc(Cl)ccc2c1=O. The fourth-order valence-corrected chi connectivity index (χ4v) is 3.55. The van der Waals surface area contributed by atoms with Gasteiger partial charge in [-0.3, -0.25) is 19.5 Å². The van der Waals surface area contributed by atoms with E-state index in [9.17, 15) is 14.4 Å². The molecule has 9 heteroatoms. The Kier molecular flexibility index (Phi) is 7.67. The number of aromatic nitrogens is 2. The van der Waals surface area contributed by atoms with Crippen LogP contribution in [0.1, 0.15) is 33.1 Å². The maximum absolute atomic E-state index is 12.9. The molecule has 1 N–H and O–H groups in total. The molecule has 0 spiro atoms. The van der Waals surface area contributed by atoms with Crippen molar-refractivity contribution in [1.82, 2.24) is 14.9 Å². The number of alkyl carbamates (subject to hydrolysis) is 1. The van der Waals surface area contributed by atoms with E-state index in [0.29, 0.717) is 27.6 Å². The van der Waals surface area contributed by atoms with Gasteiger partial charge in [0.15, 0.2) is 5.16 Å². The first kappa shape index (κ1) is 21.2. The molecule has 2 amide bonds. The number of imide groups is 1. The van der Waals surface area contributed by atoms with Gasteiger partial charge in [-0.25, -0.2) is 9.78 Å². The number of benzene rings is 1. The molecule has 0 saturated heterocycles. The first-order valence-corrected chi connectivity index (χ1v) is 9.88. The van der Waals surface area contributed by atoms with Gasteiger partial charge in [0.25, 0.3) is 5.56 Å². The van der Waals surface area contributed by atoms with Crippen LogP contribution in [0.15, 0.2) is 28.2 Å². The van der Waals surface area contributed by atoms with E-state index >= 15 is 0 Å². The molecule has 146 valence electrons. The quantitative estimate of drug-likeness (QED) is 0.425. The summed E-state index contributed by atoms with van der Waals surface area (Å²) in [6.07, 6.45) is 2.00. The van der Waals surface area contributed by atoms with Crippen LogP contribution in [-0.2, 0) is 16.1 Å². The van der Waals surface area contributed by atoms with Crippen LogP contribution in [0.5, 0.6) is 0 Å². The number of thioether (sulfide) groups is 1. The number of carbonyl (C=O) groups excluding carboxylic acids is 2. The molecule has 0 aliphatic carbocycles. The number of rotatable bonds is 7. The molecule has 0 bridgehead atoms. The molecule has 0 unspecified atom stereocenters. The van der Waals surface area contributed by atoms with E-state index in [2.05, 4.69) is 22.0 Å². The first-order valence-electron chi connectivity index (χ1n) is 8.63. The van der Waals surface area contributed by atoms with Crippen molar-refractivity contribution in [2.24, 2.45) is 0 Å². The van der Waals surface area contributed by atoms with Crippen molar-refractivity contribution in [3.8, 4) is 0 Å². The Balaban J connectivity index is 2.39. The van der Waals surface area contributed by atoms with Crippen molar-refractivity contribution in [2.75, 3.05) is 7.11 Å². The maximum Gasteiger partial charge on any atom is 0.413 e. The molecule has 7 nitrogen and oxygen atoms in total. The number of halogens is 1. The molecular weight excluding hydrogens is 390 g/mol. The van der Waals surface area contributed by atoms with Gasteiger partial charge in [0, 0.05) is 11.6 Å². The van der Waals surface area contributed by atoms with Crippen LogP contribution in [-0.4, -0.2) is 33.9 Å². The lowest BCUT2D eigenvalue weighted by Gasteiger charge is -2.16. The smallest absolute Gasteiger partial charge is 0.413 e. The fourth-order valence-electron chi connectivity index (χ4n) is 2.45. The minimum absolute atomic E-state index is 0.171. The number of hydrogen-bond acceptors (Lipinski definition) is 6. The van der Waals surface area contributed by atoms with Crippen LogP contribution in [0.25, 0.3) is 10.9 Å². The number of hydrogen-bond donors (Lipinski definition) is 1. The lowest BCUT2D eigenvalue weighted by atomic mass is 10.2. The molecule has 0 aliphatic heterocycles.